The van der Waals surface area contributed by atoms with Crippen LogP contribution in [0.25, 0.3) is 10.9 Å². The molecule has 44 heavy (non-hydrogen) atoms. The molecule has 6 rings (SSSR count). The van der Waals surface area contributed by atoms with E-state index in [1.165, 1.54) is 0 Å². The maximum Gasteiger partial charge on any atom is 0.310 e. The Balaban J connectivity index is 1.17. The molecule has 0 spiro atoms. The van der Waals surface area contributed by atoms with E-state index in [0.29, 0.717) is 24.5 Å². The summed E-state index contributed by atoms with van der Waals surface area (Å²) in [5.74, 6) is 1.05. The Hall–Kier alpha value is -5.04. The summed E-state index contributed by atoms with van der Waals surface area (Å²) in [6.45, 7) is 7.15. The van der Waals surface area contributed by atoms with Gasteiger partial charge in [0.1, 0.15) is 30.8 Å². The Morgan fingerprint density at radius 1 is 0.909 bits per heavy atom. The molecule has 1 aliphatic heterocycles. The highest BCUT2D eigenvalue weighted by atomic mass is 16.5. The number of ether oxygens (including phenoxy) is 3. The van der Waals surface area contributed by atoms with Gasteiger partial charge in [-0.1, -0.05) is 54.6 Å². The fraction of sp³-hybridized carbons (Fsp3) is 0.243. The lowest BCUT2D eigenvalue weighted by Crippen LogP contribution is -2.41. The molecule has 0 aliphatic carbocycles. The van der Waals surface area contributed by atoms with Crippen molar-refractivity contribution in [2.45, 2.75) is 39.9 Å². The van der Waals surface area contributed by atoms with Crippen LogP contribution in [0.15, 0.2) is 91.0 Å². The van der Waals surface area contributed by atoms with E-state index < -0.39 is 0 Å². The van der Waals surface area contributed by atoms with Gasteiger partial charge in [-0.3, -0.25) is 14.2 Å². The number of rotatable bonds is 8. The molecule has 0 saturated heterocycles. The van der Waals surface area contributed by atoms with Crippen LogP contribution < -0.4 is 14.4 Å². The van der Waals surface area contributed by atoms with Crippen molar-refractivity contribution in [2.75, 3.05) is 25.1 Å². The van der Waals surface area contributed by atoms with E-state index in [9.17, 15) is 9.59 Å². The lowest BCUT2D eigenvalue weighted by molar-refractivity contribution is -0.144. The number of hydrogen-bond acceptors (Lipinski definition) is 6. The summed E-state index contributed by atoms with van der Waals surface area (Å²) in [7, 11) is 2.06. The molecule has 0 unspecified atom stereocenters. The predicted octanol–water partition coefficient (Wildman–Crippen LogP) is 6.82. The molecule has 0 bridgehead atoms. The van der Waals surface area contributed by atoms with Crippen LogP contribution in [-0.4, -0.2) is 42.7 Å². The van der Waals surface area contributed by atoms with Crippen LogP contribution in [0, 0.1) is 20.8 Å². The van der Waals surface area contributed by atoms with Crippen molar-refractivity contribution in [1.29, 1.82) is 0 Å². The minimum atomic E-state index is -0.336. The van der Waals surface area contributed by atoms with E-state index in [0.717, 1.165) is 50.3 Å². The minimum absolute atomic E-state index is 0.0771. The van der Waals surface area contributed by atoms with Crippen LogP contribution in [0.1, 0.15) is 38.3 Å². The Morgan fingerprint density at radius 2 is 1.68 bits per heavy atom. The molecular formula is C37H36N2O5. The van der Waals surface area contributed by atoms with E-state index in [-0.39, 0.29) is 31.0 Å². The number of anilines is 1. The van der Waals surface area contributed by atoms with Crippen LogP contribution in [-0.2, 0) is 22.6 Å². The highest BCUT2D eigenvalue weighted by molar-refractivity contribution is 6.05. The number of benzene rings is 4. The van der Waals surface area contributed by atoms with E-state index in [4.69, 9.17) is 14.2 Å². The third-order valence-corrected chi connectivity index (χ3v) is 8.17. The molecule has 2 heterocycles. The normalized spacial score (nSPS) is 14.2. The zero-order chi connectivity index (χ0) is 30.8. The highest BCUT2D eigenvalue weighted by Crippen LogP contribution is 2.34. The first kappa shape index (κ1) is 29.1. The zero-order valence-corrected chi connectivity index (χ0v) is 25.5. The number of esters is 1. The highest BCUT2D eigenvalue weighted by Gasteiger charge is 2.25. The van der Waals surface area contributed by atoms with Crippen molar-refractivity contribution in [3.8, 4) is 11.5 Å². The number of hydrogen-bond donors (Lipinski definition) is 0. The van der Waals surface area contributed by atoms with Crippen LogP contribution >= 0.6 is 0 Å². The van der Waals surface area contributed by atoms with Gasteiger partial charge in [-0.2, -0.15) is 0 Å². The van der Waals surface area contributed by atoms with Crippen LogP contribution in [0.5, 0.6) is 11.5 Å². The fourth-order valence-corrected chi connectivity index (χ4v) is 5.87. The Bertz CT molecular complexity index is 1840. The van der Waals surface area contributed by atoms with Gasteiger partial charge in [-0.05, 0) is 79.4 Å². The van der Waals surface area contributed by atoms with Crippen LogP contribution in [0.3, 0.4) is 0 Å². The van der Waals surface area contributed by atoms with Crippen molar-refractivity contribution in [2.24, 2.45) is 0 Å². The van der Waals surface area contributed by atoms with E-state index in [1.807, 2.05) is 86.6 Å². The monoisotopic (exact) mass is 588 g/mol. The molecule has 224 valence electrons. The van der Waals surface area contributed by atoms with Crippen LogP contribution in [0.4, 0.5) is 5.69 Å². The molecule has 7 nitrogen and oxygen atoms in total. The number of fused-ring (bicyclic) bond motifs is 2. The largest absolute Gasteiger partial charge is 0.490 e. The summed E-state index contributed by atoms with van der Waals surface area (Å²) < 4.78 is 19.6. The smallest absolute Gasteiger partial charge is 0.310 e. The maximum atomic E-state index is 14.0. The fourth-order valence-electron chi connectivity index (χ4n) is 5.87. The van der Waals surface area contributed by atoms with Gasteiger partial charge < -0.3 is 19.1 Å². The van der Waals surface area contributed by atoms with Crippen LogP contribution in [0.2, 0.25) is 0 Å². The number of para-hydroxylation sites is 1. The number of aryl methyl sites for hydroxylation is 2. The molecule has 0 saturated carbocycles. The van der Waals surface area contributed by atoms with Gasteiger partial charge in [0.2, 0.25) is 0 Å². The average Bonchev–Trinajstić information content (AvgIpc) is 3.29. The molecule has 0 N–H and O–H groups in total. The Kier molecular flexibility index (Phi) is 8.11. The number of likely N-dealkylation sites (N-methyl/N-ethyl adjacent to an activating group) is 1. The third-order valence-electron chi connectivity index (χ3n) is 8.17. The molecule has 5 aromatic rings. The van der Waals surface area contributed by atoms with Crippen molar-refractivity contribution in [1.82, 2.24) is 4.57 Å². The van der Waals surface area contributed by atoms with Gasteiger partial charge >= 0.3 is 5.97 Å². The van der Waals surface area contributed by atoms with Gasteiger partial charge in [-0.15, -0.1) is 0 Å². The second kappa shape index (κ2) is 12.3. The number of carbonyl (C=O) groups is 2. The van der Waals surface area contributed by atoms with E-state index in [1.54, 1.807) is 4.57 Å². The Labute approximate surface area is 257 Å². The second-order valence-electron chi connectivity index (χ2n) is 11.4. The molecule has 0 radical (unpaired) electrons. The molecule has 4 aromatic carbocycles. The van der Waals surface area contributed by atoms with Gasteiger partial charge in [-0.25, -0.2) is 0 Å². The summed E-state index contributed by atoms with van der Waals surface area (Å²) in [6.07, 6.45) is -0.0455. The summed E-state index contributed by atoms with van der Waals surface area (Å²) >= 11 is 0. The number of aromatic nitrogens is 1. The predicted molar refractivity (Wildman–Crippen MR) is 172 cm³/mol. The van der Waals surface area contributed by atoms with Crippen molar-refractivity contribution in [3.63, 3.8) is 0 Å². The molecular weight excluding hydrogens is 552 g/mol. The lowest BCUT2D eigenvalue weighted by atomic mass is 10.1. The molecule has 0 amide bonds. The molecule has 0 fully saturated rings. The summed E-state index contributed by atoms with van der Waals surface area (Å²) in [5.41, 5.74) is 6.79. The SMILES string of the molecule is Cc1ccc2c(c1)O[C@H](COc1ccc(C(=O)n3c(C)c(CC(=O)OCc4ccccc4)c4ccccc43)c(C)c1)CN2C. The first-order chi connectivity index (χ1) is 21.3. The minimum Gasteiger partial charge on any atom is -0.490 e. The third kappa shape index (κ3) is 5.91. The van der Waals surface area contributed by atoms with Gasteiger partial charge in [0.25, 0.3) is 5.91 Å². The molecule has 1 aliphatic rings. The zero-order valence-electron chi connectivity index (χ0n) is 25.5. The van der Waals surface area contributed by atoms with Gasteiger partial charge in [0.15, 0.2) is 0 Å². The van der Waals surface area contributed by atoms with Crippen molar-refractivity contribution >= 4 is 28.5 Å². The first-order valence-electron chi connectivity index (χ1n) is 14.8. The second-order valence-corrected chi connectivity index (χ2v) is 11.4. The lowest BCUT2D eigenvalue weighted by Gasteiger charge is -2.33. The maximum absolute atomic E-state index is 14.0. The van der Waals surface area contributed by atoms with Gasteiger partial charge in [0.05, 0.1) is 24.2 Å². The van der Waals surface area contributed by atoms with E-state index in [2.05, 4.69) is 37.1 Å². The van der Waals surface area contributed by atoms with E-state index >= 15 is 0 Å². The average molecular weight is 589 g/mol. The topological polar surface area (TPSA) is 70.0 Å². The summed E-state index contributed by atoms with van der Waals surface area (Å²) in [6, 6.07) is 29.0. The molecule has 7 heteroatoms. The number of nitrogens with zero attached hydrogens (tertiary/aromatic N) is 2. The standard InChI is InChI=1S/C37H36N2O5/c1-24-14-17-34-35(18-24)44-29(21-38(34)4)23-42-28-15-16-30(25(2)19-28)37(41)39-26(3)32(31-12-8-9-13-33(31)39)20-36(40)43-22-27-10-6-5-7-11-27/h5-19,29H,20-23H2,1-4H3/t29-/m0/s1. The molecule has 1 atom stereocenters. The number of carbonyl (C=O) groups excluding carboxylic acids is 2. The first-order valence-corrected chi connectivity index (χ1v) is 14.8. The molecule has 1 aromatic heterocycles. The van der Waals surface area contributed by atoms with Crippen molar-refractivity contribution < 1.29 is 23.8 Å². The Morgan fingerprint density at radius 3 is 2.48 bits per heavy atom. The van der Waals surface area contributed by atoms with Crippen molar-refractivity contribution in [3.05, 3.63) is 125 Å². The van der Waals surface area contributed by atoms with Gasteiger partial charge in [0, 0.05) is 23.7 Å². The summed E-state index contributed by atoms with van der Waals surface area (Å²) in [5, 5.41) is 0.863. The quantitative estimate of drug-likeness (QED) is 0.185. The summed E-state index contributed by atoms with van der Waals surface area (Å²) in [4.78, 5) is 29.0.